The van der Waals surface area contributed by atoms with Crippen LogP contribution < -0.4 is 0 Å². The number of nitriles is 1. The van der Waals surface area contributed by atoms with Crippen molar-refractivity contribution in [2.75, 3.05) is 14.2 Å². The molecular weight excluding hydrogens is 216 g/mol. The second-order valence-electron chi connectivity index (χ2n) is 3.75. The Hall–Kier alpha value is -2.02. The van der Waals surface area contributed by atoms with E-state index in [-0.39, 0.29) is 0 Å². The van der Waals surface area contributed by atoms with Crippen molar-refractivity contribution in [1.29, 1.82) is 5.26 Å². The summed E-state index contributed by atoms with van der Waals surface area (Å²) in [6.07, 6.45) is 0.886. The van der Waals surface area contributed by atoms with Crippen molar-refractivity contribution in [3.63, 3.8) is 0 Å². The van der Waals surface area contributed by atoms with Gasteiger partial charge in [0.05, 0.1) is 13.2 Å². The lowest BCUT2D eigenvalue weighted by molar-refractivity contribution is 0.124. The van der Waals surface area contributed by atoms with Crippen LogP contribution in [0.25, 0.3) is 0 Å². The molecule has 1 aromatic rings. The molecule has 0 N–H and O–H groups in total. The SMILES string of the molecule is COC(=O)N(C)C(C#N)CCc1ccccc1. The Labute approximate surface area is 101 Å². The van der Waals surface area contributed by atoms with Gasteiger partial charge in [-0.1, -0.05) is 30.3 Å². The van der Waals surface area contributed by atoms with Crippen LogP contribution in [0.2, 0.25) is 0 Å². The van der Waals surface area contributed by atoms with E-state index < -0.39 is 12.1 Å². The van der Waals surface area contributed by atoms with Gasteiger partial charge in [-0.05, 0) is 18.4 Å². The highest BCUT2D eigenvalue weighted by Crippen LogP contribution is 2.09. The predicted octanol–water partition coefficient (Wildman–Crippen LogP) is 2.21. The molecule has 0 fully saturated rings. The quantitative estimate of drug-likeness (QED) is 0.799. The number of carbonyl (C=O) groups is 1. The van der Waals surface area contributed by atoms with E-state index in [1.165, 1.54) is 12.0 Å². The van der Waals surface area contributed by atoms with E-state index in [0.29, 0.717) is 6.42 Å². The van der Waals surface area contributed by atoms with Gasteiger partial charge in [-0.3, -0.25) is 4.90 Å². The van der Waals surface area contributed by atoms with Gasteiger partial charge in [0, 0.05) is 7.05 Å². The summed E-state index contributed by atoms with van der Waals surface area (Å²) in [5.74, 6) is 0. The molecule has 0 aliphatic carbocycles. The van der Waals surface area contributed by atoms with Gasteiger partial charge in [0.1, 0.15) is 6.04 Å². The molecule has 0 bridgehead atoms. The summed E-state index contributed by atoms with van der Waals surface area (Å²) in [4.78, 5) is 12.6. The molecule has 1 rings (SSSR count). The Kier molecular flexibility index (Phi) is 5.02. The van der Waals surface area contributed by atoms with Gasteiger partial charge in [-0.2, -0.15) is 5.26 Å². The first-order valence-electron chi connectivity index (χ1n) is 5.43. The highest BCUT2D eigenvalue weighted by Gasteiger charge is 2.19. The van der Waals surface area contributed by atoms with Crippen molar-refractivity contribution >= 4 is 6.09 Å². The van der Waals surface area contributed by atoms with Crippen molar-refractivity contribution < 1.29 is 9.53 Å². The first-order chi connectivity index (χ1) is 8.19. The van der Waals surface area contributed by atoms with Crippen molar-refractivity contribution in [3.8, 4) is 6.07 Å². The van der Waals surface area contributed by atoms with Gasteiger partial charge in [-0.25, -0.2) is 4.79 Å². The number of hydrogen-bond donors (Lipinski definition) is 0. The number of amides is 1. The van der Waals surface area contributed by atoms with E-state index in [9.17, 15) is 4.79 Å². The van der Waals surface area contributed by atoms with Gasteiger partial charge < -0.3 is 4.74 Å². The second kappa shape index (κ2) is 6.54. The molecule has 0 aliphatic rings. The standard InChI is InChI=1S/C13H16N2O2/c1-15(13(16)17-2)12(10-14)9-8-11-6-4-3-5-7-11/h3-7,12H,8-9H2,1-2H3. The van der Waals surface area contributed by atoms with E-state index in [2.05, 4.69) is 10.8 Å². The lowest BCUT2D eigenvalue weighted by Crippen LogP contribution is -2.36. The predicted molar refractivity (Wildman–Crippen MR) is 64.3 cm³/mol. The van der Waals surface area contributed by atoms with Gasteiger partial charge in [-0.15, -0.1) is 0 Å². The van der Waals surface area contributed by atoms with Crippen LogP contribution in [0.4, 0.5) is 4.79 Å². The van der Waals surface area contributed by atoms with Crippen LogP contribution in [0.5, 0.6) is 0 Å². The van der Waals surface area contributed by atoms with Crippen LogP contribution in [0.1, 0.15) is 12.0 Å². The lowest BCUT2D eigenvalue weighted by atomic mass is 10.1. The number of ether oxygens (including phenoxy) is 1. The summed E-state index contributed by atoms with van der Waals surface area (Å²) < 4.78 is 4.58. The maximum Gasteiger partial charge on any atom is 0.410 e. The van der Waals surface area contributed by atoms with Crippen molar-refractivity contribution in [3.05, 3.63) is 35.9 Å². The topological polar surface area (TPSA) is 53.3 Å². The molecule has 0 spiro atoms. The third-order valence-corrected chi connectivity index (χ3v) is 2.63. The molecule has 4 heteroatoms. The third kappa shape index (κ3) is 3.80. The maximum atomic E-state index is 11.3. The highest BCUT2D eigenvalue weighted by atomic mass is 16.5. The molecule has 1 amide bonds. The zero-order chi connectivity index (χ0) is 12.7. The van der Waals surface area contributed by atoms with Gasteiger partial charge in [0.2, 0.25) is 0 Å². The minimum atomic E-state index is -0.482. The van der Waals surface area contributed by atoms with E-state index >= 15 is 0 Å². The molecule has 0 saturated carbocycles. The molecule has 1 unspecified atom stereocenters. The Bertz CT molecular complexity index is 398. The summed E-state index contributed by atoms with van der Waals surface area (Å²) in [5, 5.41) is 9.02. The van der Waals surface area contributed by atoms with Gasteiger partial charge >= 0.3 is 6.09 Å². The normalized spacial score (nSPS) is 11.4. The fraction of sp³-hybridized carbons (Fsp3) is 0.385. The Morgan fingerprint density at radius 3 is 2.65 bits per heavy atom. The third-order valence-electron chi connectivity index (χ3n) is 2.63. The van der Waals surface area contributed by atoms with Gasteiger partial charge in [0.15, 0.2) is 0 Å². The Morgan fingerprint density at radius 2 is 2.12 bits per heavy atom. The molecule has 17 heavy (non-hydrogen) atoms. The summed E-state index contributed by atoms with van der Waals surface area (Å²) in [7, 11) is 2.88. The molecule has 90 valence electrons. The van der Waals surface area contributed by atoms with Crippen LogP contribution >= 0.6 is 0 Å². The van der Waals surface area contributed by atoms with Crippen LogP contribution in [-0.2, 0) is 11.2 Å². The molecular formula is C13H16N2O2. The smallest absolute Gasteiger partial charge is 0.410 e. The highest BCUT2D eigenvalue weighted by molar-refractivity contribution is 5.67. The number of aryl methyl sites for hydroxylation is 1. The molecule has 0 aliphatic heterocycles. The van der Waals surface area contributed by atoms with Crippen molar-refractivity contribution in [2.24, 2.45) is 0 Å². The zero-order valence-electron chi connectivity index (χ0n) is 10.1. The van der Waals surface area contributed by atoms with Gasteiger partial charge in [0.25, 0.3) is 0 Å². The van der Waals surface area contributed by atoms with Crippen LogP contribution in [0, 0.1) is 11.3 Å². The van der Waals surface area contributed by atoms with E-state index in [1.54, 1.807) is 7.05 Å². The first kappa shape index (κ1) is 13.0. The fourth-order valence-electron chi connectivity index (χ4n) is 1.56. The number of nitrogens with zero attached hydrogens (tertiary/aromatic N) is 2. The lowest BCUT2D eigenvalue weighted by Gasteiger charge is -2.21. The number of methoxy groups -OCH3 is 1. The summed E-state index contributed by atoms with van der Waals surface area (Å²) in [5.41, 5.74) is 1.16. The second-order valence-corrected chi connectivity index (χ2v) is 3.75. The molecule has 1 aromatic carbocycles. The maximum absolute atomic E-state index is 11.3. The minimum Gasteiger partial charge on any atom is -0.453 e. The Morgan fingerprint density at radius 1 is 1.47 bits per heavy atom. The number of carbonyl (C=O) groups excluding carboxylic acids is 1. The summed E-state index contributed by atoms with van der Waals surface area (Å²) in [6.45, 7) is 0. The summed E-state index contributed by atoms with van der Waals surface area (Å²) in [6, 6.07) is 11.5. The van der Waals surface area contributed by atoms with E-state index in [0.717, 1.165) is 12.0 Å². The average Bonchev–Trinajstić information content (AvgIpc) is 2.39. The molecule has 4 nitrogen and oxygen atoms in total. The molecule has 0 radical (unpaired) electrons. The average molecular weight is 232 g/mol. The molecule has 0 aromatic heterocycles. The monoisotopic (exact) mass is 232 g/mol. The number of benzene rings is 1. The molecule has 0 heterocycles. The first-order valence-corrected chi connectivity index (χ1v) is 5.43. The molecule has 0 saturated heterocycles. The largest absolute Gasteiger partial charge is 0.453 e. The van der Waals surface area contributed by atoms with E-state index in [1.807, 2.05) is 30.3 Å². The van der Waals surface area contributed by atoms with Crippen LogP contribution in [-0.4, -0.2) is 31.2 Å². The van der Waals surface area contributed by atoms with Crippen LogP contribution in [0.3, 0.4) is 0 Å². The fourth-order valence-corrected chi connectivity index (χ4v) is 1.56. The zero-order valence-corrected chi connectivity index (χ0v) is 10.1. The summed E-state index contributed by atoms with van der Waals surface area (Å²) >= 11 is 0. The van der Waals surface area contributed by atoms with Crippen LogP contribution in [0.15, 0.2) is 30.3 Å². The number of hydrogen-bond acceptors (Lipinski definition) is 3. The molecule has 1 atom stereocenters. The number of rotatable bonds is 4. The van der Waals surface area contributed by atoms with Crippen molar-refractivity contribution in [1.82, 2.24) is 4.90 Å². The van der Waals surface area contributed by atoms with E-state index in [4.69, 9.17) is 5.26 Å². The Balaban J connectivity index is 2.54. The van der Waals surface area contributed by atoms with Crippen molar-refractivity contribution in [2.45, 2.75) is 18.9 Å². The minimum absolute atomic E-state index is 0.456.